The minimum atomic E-state index is -0.0913. The third kappa shape index (κ3) is 2.07. The number of nitrogens with zero attached hydrogens (tertiary/aromatic N) is 1. The molecule has 0 saturated carbocycles. The number of aliphatic hydroxyl groups excluding tert-OH is 1. The van der Waals surface area contributed by atoms with Gasteiger partial charge in [0.25, 0.3) is 0 Å². The van der Waals surface area contributed by atoms with E-state index in [0.717, 1.165) is 30.9 Å². The van der Waals surface area contributed by atoms with Gasteiger partial charge >= 0.3 is 0 Å². The van der Waals surface area contributed by atoms with E-state index in [-0.39, 0.29) is 12.7 Å². The fourth-order valence-corrected chi connectivity index (χ4v) is 1.96. The fraction of sp³-hybridized carbons (Fsp3) is 0.500. The third-order valence-electron chi connectivity index (χ3n) is 2.62. The Kier molecular flexibility index (Phi) is 3.11. The van der Waals surface area contributed by atoms with Crippen LogP contribution in [0.1, 0.15) is 13.3 Å². The lowest BCUT2D eigenvalue weighted by atomic mass is 10.2. The molecule has 1 heterocycles. The van der Waals surface area contributed by atoms with Crippen LogP contribution in [-0.2, 0) is 0 Å². The SMILES string of the molecule is CCCN1CC(CO)Oc2ccccc21. The van der Waals surface area contributed by atoms with Gasteiger partial charge in [-0.1, -0.05) is 19.1 Å². The summed E-state index contributed by atoms with van der Waals surface area (Å²) in [5, 5.41) is 9.15. The van der Waals surface area contributed by atoms with E-state index in [1.807, 2.05) is 18.2 Å². The fourth-order valence-electron chi connectivity index (χ4n) is 1.96. The lowest BCUT2D eigenvalue weighted by Crippen LogP contribution is -2.42. The Morgan fingerprint density at radius 1 is 1.47 bits per heavy atom. The van der Waals surface area contributed by atoms with Crippen molar-refractivity contribution in [2.75, 3.05) is 24.6 Å². The van der Waals surface area contributed by atoms with Crippen LogP contribution in [-0.4, -0.2) is 30.9 Å². The van der Waals surface area contributed by atoms with Crippen LogP contribution in [0.3, 0.4) is 0 Å². The van der Waals surface area contributed by atoms with E-state index in [1.165, 1.54) is 0 Å². The van der Waals surface area contributed by atoms with Crippen molar-refractivity contribution >= 4 is 5.69 Å². The number of ether oxygens (including phenoxy) is 1. The number of hydrogen-bond acceptors (Lipinski definition) is 3. The molecule has 1 aliphatic heterocycles. The van der Waals surface area contributed by atoms with Crippen molar-refractivity contribution in [2.45, 2.75) is 19.4 Å². The molecule has 0 radical (unpaired) electrons. The summed E-state index contributed by atoms with van der Waals surface area (Å²) in [6.45, 7) is 4.03. The predicted octanol–water partition coefficient (Wildman–Crippen LogP) is 1.66. The summed E-state index contributed by atoms with van der Waals surface area (Å²) in [6, 6.07) is 8.01. The highest BCUT2D eigenvalue weighted by Gasteiger charge is 2.23. The maximum absolute atomic E-state index is 9.15. The Bertz CT molecular complexity index is 327. The van der Waals surface area contributed by atoms with Crippen molar-refractivity contribution < 1.29 is 9.84 Å². The molecule has 1 unspecified atom stereocenters. The van der Waals surface area contributed by atoms with Crippen molar-refractivity contribution in [3.63, 3.8) is 0 Å². The molecule has 0 saturated heterocycles. The molecule has 0 aliphatic carbocycles. The molecule has 1 aromatic carbocycles. The van der Waals surface area contributed by atoms with Crippen LogP contribution in [0.25, 0.3) is 0 Å². The van der Waals surface area contributed by atoms with E-state index >= 15 is 0 Å². The monoisotopic (exact) mass is 207 g/mol. The molecule has 2 rings (SSSR count). The quantitative estimate of drug-likeness (QED) is 0.818. The van der Waals surface area contributed by atoms with Crippen LogP contribution in [0.4, 0.5) is 5.69 Å². The zero-order valence-electron chi connectivity index (χ0n) is 9.02. The minimum absolute atomic E-state index is 0.0779. The first-order valence-electron chi connectivity index (χ1n) is 5.46. The first-order chi connectivity index (χ1) is 7.35. The van der Waals surface area contributed by atoms with E-state index < -0.39 is 0 Å². The minimum Gasteiger partial charge on any atom is -0.484 e. The van der Waals surface area contributed by atoms with Gasteiger partial charge < -0.3 is 14.7 Å². The second-order valence-electron chi connectivity index (χ2n) is 3.84. The predicted molar refractivity (Wildman–Crippen MR) is 60.4 cm³/mol. The molecule has 0 bridgehead atoms. The number of hydrogen-bond donors (Lipinski definition) is 1. The van der Waals surface area contributed by atoms with E-state index in [2.05, 4.69) is 17.9 Å². The van der Waals surface area contributed by atoms with Gasteiger partial charge in [-0.05, 0) is 18.6 Å². The largest absolute Gasteiger partial charge is 0.484 e. The number of benzene rings is 1. The molecule has 15 heavy (non-hydrogen) atoms. The second kappa shape index (κ2) is 4.53. The van der Waals surface area contributed by atoms with Gasteiger partial charge in [-0.2, -0.15) is 0 Å². The van der Waals surface area contributed by atoms with E-state index in [1.54, 1.807) is 0 Å². The highest BCUT2D eigenvalue weighted by molar-refractivity contribution is 5.60. The Labute approximate surface area is 90.3 Å². The molecule has 0 fully saturated rings. The maximum atomic E-state index is 9.15. The standard InChI is InChI=1S/C12H17NO2/c1-2-7-13-8-10(9-14)15-12-6-4-3-5-11(12)13/h3-6,10,14H,2,7-9H2,1H3. The zero-order valence-corrected chi connectivity index (χ0v) is 9.02. The highest BCUT2D eigenvalue weighted by Crippen LogP contribution is 2.32. The first kappa shape index (κ1) is 10.3. The molecule has 1 N–H and O–H groups in total. The maximum Gasteiger partial charge on any atom is 0.143 e. The smallest absolute Gasteiger partial charge is 0.143 e. The van der Waals surface area contributed by atoms with Crippen LogP contribution in [0.2, 0.25) is 0 Å². The first-order valence-corrected chi connectivity index (χ1v) is 5.46. The molecular weight excluding hydrogens is 190 g/mol. The lowest BCUT2D eigenvalue weighted by Gasteiger charge is -2.35. The average Bonchev–Trinajstić information content (AvgIpc) is 2.29. The topological polar surface area (TPSA) is 32.7 Å². The van der Waals surface area contributed by atoms with Crippen LogP contribution < -0.4 is 9.64 Å². The number of anilines is 1. The van der Waals surface area contributed by atoms with E-state index in [9.17, 15) is 0 Å². The Balaban J connectivity index is 2.25. The number of fused-ring (bicyclic) bond motifs is 1. The summed E-state index contributed by atoms with van der Waals surface area (Å²) in [5.74, 6) is 0.885. The Hall–Kier alpha value is -1.22. The Morgan fingerprint density at radius 3 is 3.00 bits per heavy atom. The Morgan fingerprint density at radius 2 is 2.27 bits per heavy atom. The lowest BCUT2D eigenvalue weighted by molar-refractivity contribution is 0.112. The average molecular weight is 207 g/mol. The summed E-state index contributed by atoms with van der Waals surface area (Å²) in [6.07, 6.45) is 1.01. The van der Waals surface area contributed by atoms with Crippen LogP contribution in [0.5, 0.6) is 5.75 Å². The van der Waals surface area contributed by atoms with E-state index in [4.69, 9.17) is 9.84 Å². The van der Waals surface area contributed by atoms with E-state index in [0.29, 0.717) is 0 Å². The molecule has 1 aliphatic rings. The zero-order chi connectivity index (χ0) is 10.7. The molecular formula is C12H17NO2. The van der Waals surface area contributed by atoms with Crippen LogP contribution in [0, 0.1) is 0 Å². The second-order valence-corrected chi connectivity index (χ2v) is 3.84. The van der Waals surface area contributed by atoms with Crippen molar-refractivity contribution in [2.24, 2.45) is 0 Å². The van der Waals surface area contributed by atoms with Gasteiger partial charge in [0.15, 0.2) is 0 Å². The molecule has 0 amide bonds. The number of rotatable bonds is 3. The molecule has 3 nitrogen and oxygen atoms in total. The summed E-state index contributed by atoms with van der Waals surface area (Å²) >= 11 is 0. The number of aliphatic hydroxyl groups is 1. The number of para-hydroxylation sites is 2. The van der Waals surface area contributed by atoms with Crippen molar-refractivity contribution in [1.82, 2.24) is 0 Å². The van der Waals surface area contributed by atoms with Gasteiger partial charge in [0.1, 0.15) is 11.9 Å². The summed E-state index contributed by atoms with van der Waals surface area (Å²) in [4.78, 5) is 2.28. The molecule has 0 aromatic heterocycles. The van der Waals surface area contributed by atoms with Gasteiger partial charge in [0.2, 0.25) is 0 Å². The van der Waals surface area contributed by atoms with Crippen molar-refractivity contribution in [3.05, 3.63) is 24.3 Å². The van der Waals surface area contributed by atoms with Gasteiger partial charge in [-0.25, -0.2) is 0 Å². The molecule has 0 spiro atoms. The normalized spacial score (nSPS) is 19.6. The van der Waals surface area contributed by atoms with Crippen molar-refractivity contribution in [1.29, 1.82) is 0 Å². The van der Waals surface area contributed by atoms with Gasteiger partial charge in [-0.3, -0.25) is 0 Å². The van der Waals surface area contributed by atoms with Crippen LogP contribution in [0.15, 0.2) is 24.3 Å². The van der Waals surface area contributed by atoms with Crippen LogP contribution >= 0.6 is 0 Å². The molecule has 82 valence electrons. The summed E-state index contributed by atoms with van der Waals surface area (Å²) in [5.41, 5.74) is 1.14. The van der Waals surface area contributed by atoms with Gasteiger partial charge in [-0.15, -0.1) is 0 Å². The molecule has 1 atom stereocenters. The van der Waals surface area contributed by atoms with Gasteiger partial charge in [0, 0.05) is 6.54 Å². The molecule has 1 aromatic rings. The van der Waals surface area contributed by atoms with Crippen molar-refractivity contribution in [3.8, 4) is 5.75 Å². The third-order valence-corrected chi connectivity index (χ3v) is 2.62. The summed E-state index contributed by atoms with van der Waals surface area (Å²) in [7, 11) is 0. The highest BCUT2D eigenvalue weighted by atomic mass is 16.5. The van der Waals surface area contributed by atoms with Gasteiger partial charge in [0.05, 0.1) is 18.8 Å². The molecule has 3 heteroatoms. The summed E-state index contributed by atoms with van der Waals surface area (Å²) < 4.78 is 5.67.